The maximum atomic E-state index is 12.4. The molecule has 2 amide bonds. The van der Waals surface area contributed by atoms with Crippen LogP contribution in [-0.4, -0.2) is 47.3 Å². The minimum absolute atomic E-state index is 0.00157. The molecule has 2 aromatic rings. The molecule has 0 saturated heterocycles. The lowest BCUT2D eigenvalue weighted by Crippen LogP contribution is -2.38. The molecule has 180 valence electrons. The molecular weight excluding hydrogens is 476 g/mol. The SMILES string of the molecule is O=C(NCCNC(=O)C1Cc2ccc(Cl)cc2S1)c1ccc(O[C@H]2CC[C@@H](C(=O)O)CC2)cc1. The van der Waals surface area contributed by atoms with E-state index in [1.807, 2.05) is 18.2 Å². The van der Waals surface area contributed by atoms with Crippen molar-refractivity contribution in [3.63, 3.8) is 0 Å². The summed E-state index contributed by atoms with van der Waals surface area (Å²) in [6.45, 7) is 0.671. The second-order valence-electron chi connectivity index (χ2n) is 8.56. The van der Waals surface area contributed by atoms with Gasteiger partial charge < -0.3 is 20.5 Å². The summed E-state index contributed by atoms with van der Waals surface area (Å²) in [5, 5.41) is 15.3. The van der Waals surface area contributed by atoms with Gasteiger partial charge in [0.25, 0.3) is 5.91 Å². The molecule has 0 radical (unpaired) electrons. The fourth-order valence-electron chi connectivity index (χ4n) is 4.23. The van der Waals surface area contributed by atoms with Gasteiger partial charge in [0, 0.05) is 28.6 Å². The van der Waals surface area contributed by atoms with Gasteiger partial charge in [-0.1, -0.05) is 17.7 Å². The molecule has 3 N–H and O–H groups in total. The van der Waals surface area contributed by atoms with E-state index in [2.05, 4.69) is 10.6 Å². The van der Waals surface area contributed by atoms with Crippen LogP contribution in [0.25, 0.3) is 0 Å². The molecule has 1 unspecified atom stereocenters. The van der Waals surface area contributed by atoms with Crippen LogP contribution in [0.15, 0.2) is 47.4 Å². The summed E-state index contributed by atoms with van der Waals surface area (Å²) in [5.74, 6) is -0.616. The number of carbonyl (C=O) groups is 3. The van der Waals surface area contributed by atoms with E-state index in [1.165, 1.54) is 11.8 Å². The lowest BCUT2D eigenvalue weighted by atomic mass is 9.87. The number of carboxylic acids is 1. The zero-order chi connectivity index (χ0) is 24.1. The molecule has 9 heteroatoms. The molecule has 7 nitrogen and oxygen atoms in total. The largest absolute Gasteiger partial charge is 0.490 e. The second-order valence-corrected chi connectivity index (χ2v) is 10.2. The molecular formula is C25H27ClN2O5S. The van der Waals surface area contributed by atoms with Crippen molar-refractivity contribution in [1.29, 1.82) is 0 Å². The Kier molecular flexibility index (Phi) is 8.00. The van der Waals surface area contributed by atoms with Gasteiger partial charge in [-0.2, -0.15) is 0 Å². The molecule has 1 heterocycles. The number of halogens is 1. The highest BCUT2D eigenvalue weighted by Crippen LogP contribution is 2.38. The van der Waals surface area contributed by atoms with Crippen molar-refractivity contribution in [1.82, 2.24) is 10.6 Å². The van der Waals surface area contributed by atoms with Crippen molar-refractivity contribution in [3.8, 4) is 5.75 Å². The van der Waals surface area contributed by atoms with Crippen LogP contribution in [0.3, 0.4) is 0 Å². The molecule has 0 spiro atoms. The monoisotopic (exact) mass is 502 g/mol. The third-order valence-corrected chi connectivity index (χ3v) is 7.68. The van der Waals surface area contributed by atoms with E-state index in [-0.39, 0.29) is 29.1 Å². The van der Waals surface area contributed by atoms with E-state index < -0.39 is 5.97 Å². The highest BCUT2D eigenvalue weighted by Gasteiger charge is 2.28. The van der Waals surface area contributed by atoms with E-state index in [0.29, 0.717) is 61.5 Å². The number of carbonyl (C=O) groups excluding carboxylic acids is 2. The molecule has 1 saturated carbocycles. The van der Waals surface area contributed by atoms with Crippen molar-refractivity contribution in [2.75, 3.05) is 13.1 Å². The minimum atomic E-state index is -0.735. The number of thioether (sulfide) groups is 1. The number of hydrogen-bond donors (Lipinski definition) is 3. The predicted octanol–water partition coefficient (Wildman–Crippen LogP) is 3.93. The first-order chi connectivity index (χ1) is 16.4. The Morgan fingerprint density at radius 2 is 1.71 bits per heavy atom. The van der Waals surface area contributed by atoms with Crippen LogP contribution >= 0.6 is 23.4 Å². The van der Waals surface area contributed by atoms with Gasteiger partial charge in [0.2, 0.25) is 5.91 Å². The van der Waals surface area contributed by atoms with Crippen LogP contribution in [0.1, 0.15) is 41.6 Å². The maximum absolute atomic E-state index is 12.4. The minimum Gasteiger partial charge on any atom is -0.490 e. The predicted molar refractivity (Wildman–Crippen MR) is 131 cm³/mol. The Bertz CT molecular complexity index is 1050. The van der Waals surface area contributed by atoms with Crippen LogP contribution in [0, 0.1) is 5.92 Å². The van der Waals surface area contributed by atoms with E-state index in [9.17, 15) is 14.4 Å². The number of rotatable bonds is 8. The van der Waals surface area contributed by atoms with Gasteiger partial charge in [0.05, 0.1) is 17.3 Å². The third kappa shape index (κ3) is 6.24. The first-order valence-electron chi connectivity index (χ1n) is 11.4. The number of aliphatic carboxylic acids is 1. The molecule has 1 aliphatic carbocycles. The third-order valence-electron chi connectivity index (χ3n) is 6.15. The van der Waals surface area contributed by atoms with Crippen LogP contribution in [0.5, 0.6) is 5.75 Å². The summed E-state index contributed by atoms with van der Waals surface area (Å²) in [4.78, 5) is 36.9. The lowest BCUT2D eigenvalue weighted by molar-refractivity contribution is -0.143. The average molecular weight is 503 g/mol. The van der Waals surface area contributed by atoms with Crippen molar-refractivity contribution in [2.45, 2.75) is 48.4 Å². The fraction of sp³-hybridized carbons (Fsp3) is 0.400. The maximum Gasteiger partial charge on any atom is 0.306 e. The molecule has 2 aromatic carbocycles. The Balaban J connectivity index is 1.15. The number of benzene rings is 2. The summed E-state index contributed by atoms with van der Waals surface area (Å²) in [6, 6.07) is 12.6. The summed E-state index contributed by atoms with van der Waals surface area (Å²) in [7, 11) is 0. The smallest absolute Gasteiger partial charge is 0.306 e. The standard InChI is InChI=1S/C25H27ClN2O5S/c26-18-6-1-17-13-22(34-21(17)14-18)24(30)28-12-11-27-23(29)15-2-7-19(8-3-15)33-20-9-4-16(5-10-20)25(31)32/h1-3,6-8,14,16,20,22H,4-5,9-13H2,(H,27,29)(H,28,30)(H,31,32)/t16-,20+,22?. The van der Waals surface area contributed by atoms with Crippen molar-refractivity contribution in [3.05, 3.63) is 58.6 Å². The second kappa shape index (κ2) is 11.1. The summed E-state index contributed by atoms with van der Waals surface area (Å²) in [5.41, 5.74) is 1.63. The molecule has 1 atom stereocenters. The average Bonchev–Trinajstić information content (AvgIpc) is 3.26. The van der Waals surface area contributed by atoms with Crippen LogP contribution in [-0.2, 0) is 16.0 Å². The van der Waals surface area contributed by atoms with Crippen molar-refractivity contribution in [2.24, 2.45) is 5.92 Å². The van der Waals surface area contributed by atoms with Gasteiger partial charge in [0.1, 0.15) is 5.75 Å². The zero-order valence-electron chi connectivity index (χ0n) is 18.6. The number of carboxylic acid groups (broad SMARTS) is 1. The van der Waals surface area contributed by atoms with E-state index in [1.54, 1.807) is 24.3 Å². The van der Waals surface area contributed by atoms with Gasteiger partial charge in [0.15, 0.2) is 0 Å². The Morgan fingerprint density at radius 3 is 2.41 bits per heavy atom. The zero-order valence-corrected chi connectivity index (χ0v) is 20.2. The number of hydrogen-bond acceptors (Lipinski definition) is 5. The number of ether oxygens (including phenoxy) is 1. The molecule has 34 heavy (non-hydrogen) atoms. The molecule has 4 rings (SSSR count). The van der Waals surface area contributed by atoms with E-state index in [4.69, 9.17) is 21.4 Å². The summed E-state index contributed by atoms with van der Waals surface area (Å²) >= 11 is 7.53. The Hall–Kier alpha value is -2.71. The fourth-order valence-corrected chi connectivity index (χ4v) is 5.72. The summed E-state index contributed by atoms with van der Waals surface area (Å²) in [6.07, 6.45) is 3.34. The highest BCUT2D eigenvalue weighted by molar-refractivity contribution is 8.01. The quantitative estimate of drug-likeness (QED) is 0.472. The summed E-state index contributed by atoms with van der Waals surface area (Å²) < 4.78 is 5.94. The number of nitrogens with one attached hydrogen (secondary N) is 2. The van der Waals surface area contributed by atoms with Crippen molar-refractivity contribution >= 4 is 41.1 Å². The van der Waals surface area contributed by atoms with E-state index >= 15 is 0 Å². The van der Waals surface area contributed by atoms with Crippen LogP contribution in [0.2, 0.25) is 5.02 Å². The van der Waals surface area contributed by atoms with Crippen LogP contribution in [0.4, 0.5) is 0 Å². The lowest BCUT2D eigenvalue weighted by Gasteiger charge is -2.26. The normalized spacial score (nSPS) is 21.4. The first-order valence-corrected chi connectivity index (χ1v) is 12.7. The van der Waals surface area contributed by atoms with E-state index in [0.717, 1.165) is 10.5 Å². The topological polar surface area (TPSA) is 105 Å². The number of fused-ring (bicyclic) bond motifs is 1. The van der Waals surface area contributed by atoms with Gasteiger partial charge >= 0.3 is 5.97 Å². The van der Waals surface area contributed by atoms with Crippen LogP contribution < -0.4 is 15.4 Å². The highest BCUT2D eigenvalue weighted by atomic mass is 35.5. The Morgan fingerprint density at radius 1 is 1.00 bits per heavy atom. The first kappa shape index (κ1) is 24.4. The van der Waals surface area contributed by atoms with Gasteiger partial charge in [-0.15, -0.1) is 11.8 Å². The Labute approximate surface area is 207 Å². The number of amides is 2. The van der Waals surface area contributed by atoms with Gasteiger partial charge in [-0.25, -0.2) is 0 Å². The molecule has 1 aliphatic heterocycles. The van der Waals surface area contributed by atoms with Gasteiger partial charge in [-0.05, 0) is 74.1 Å². The molecule has 1 fully saturated rings. The molecule has 2 aliphatic rings. The molecule has 0 bridgehead atoms. The van der Waals surface area contributed by atoms with Crippen molar-refractivity contribution < 1.29 is 24.2 Å². The van der Waals surface area contributed by atoms with Gasteiger partial charge in [-0.3, -0.25) is 14.4 Å². The molecule has 0 aromatic heterocycles.